The number of carbonyl (C=O) groups is 1. The molecule has 0 saturated carbocycles. The summed E-state index contributed by atoms with van der Waals surface area (Å²) in [5.74, 6) is -0.178. The van der Waals surface area contributed by atoms with Crippen LogP contribution in [0.3, 0.4) is 0 Å². The summed E-state index contributed by atoms with van der Waals surface area (Å²) < 4.78 is 4.64. The lowest BCUT2D eigenvalue weighted by Gasteiger charge is -2.13. The van der Waals surface area contributed by atoms with Gasteiger partial charge in [-0.25, -0.2) is 0 Å². The van der Waals surface area contributed by atoms with Crippen LogP contribution in [0.1, 0.15) is 26.7 Å². The van der Waals surface area contributed by atoms with Crippen molar-refractivity contribution in [2.24, 2.45) is 0 Å². The van der Waals surface area contributed by atoms with Gasteiger partial charge in [-0.3, -0.25) is 4.79 Å². The Hall–Kier alpha value is -0.830. The molecule has 0 fully saturated rings. The Kier molecular flexibility index (Phi) is 7.30. The predicted octanol–water partition coefficient (Wildman–Crippen LogP) is 1.49. The van der Waals surface area contributed by atoms with Gasteiger partial charge in [0.1, 0.15) is 6.04 Å². The van der Waals surface area contributed by atoms with E-state index in [1.54, 1.807) is 0 Å². The van der Waals surface area contributed by atoms with E-state index in [1.807, 2.05) is 19.9 Å². The molecule has 0 aromatic carbocycles. The second kappa shape index (κ2) is 7.80. The molecule has 0 radical (unpaired) electrons. The first-order valence-corrected chi connectivity index (χ1v) is 4.68. The second-order valence-corrected chi connectivity index (χ2v) is 2.80. The molecule has 0 heterocycles. The van der Waals surface area contributed by atoms with E-state index in [-0.39, 0.29) is 12.0 Å². The predicted molar refractivity (Wildman–Crippen MR) is 53.5 cm³/mol. The third-order valence-electron chi connectivity index (χ3n) is 1.83. The van der Waals surface area contributed by atoms with Crippen LogP contribution in [0.5, 0.6) is 0 Å². The normalized spacial score (nSPS) is 13.2. The maximum atomic E-state index is 11.1. The van der Waals surface area contributed by atoms with Crippen molar-refractivity contribution in [3.63, 3.8) is 0 Å². The number of ether oxygens (including phenoxy) is 1. The van der Waals surface area contributed by atoms with Crippen LogP contribution in [0.25, 0.3) is 0 Å². The summed E-state index contributed by atoms with van der Waals surface area (Å²) in [6, 6.07) is -0.157. The molecule has 0 bridgehead atoms. The molecule has 3 nitrogen and oxygen atoms in total. The lowest BCUT2D eigenvalue weighted by atomic mass is 10.2. The highest BCUT2D eigenvalue weighted by Crippen LogP contribution is 1.94. The largest absolute Gasteiger partial charge is 0.468 e. The van der Waals surface area contributed by atoms with Crippen LogP contribution in [-0.2, 0) is 9.53 Å². The Morgan fingerprint density at radius 1 is 1.62 bits per heavy atom. The first kappa shape index (κ1) is 12.2. The summed E-state index contributed by atoms with van der Waals surface area (Å²) in [4.78, 5) is 11.1. The van der Waals surface area contributed by atoms with Gasteiger partial charge in [-0.15, -0.1) is 0 Å². The van der Waals surface area contributed by atoms with Crippen LogP contribution >= 0.6 is 0 Å². The van der Waals surface area contributed by atoms with E-state index in [2.05, 4.69) is 16.1 Å². The zero-order chi connectivity index (χ0) is 10.1. The molecular weight excluding hydrogens is 166 g/mol. The quantitative estimate of drug-likeness (QED) is 0.387. The highest BCUT2D eigenvalue weighted by atomic mass is 16.5. The minimum atomic E-state index is -0.178. The van der Waals surface area contributed by atoms with Crippen molar-refractivity contribution in [1.29, 1.82) is 0 Å². The van der Waals surface area contributed by atoms with Gasteiger partial charge in [0.05, 0.1) is 7.11 Å². The number of allylic oxidation sites excluding steroid dienone is 1. The van der Waals surface area contributed by atoms with Gasteiger partial charge < -0.3 is 10.1 Å². The van der Waals surface area contributed by atoms with Crippen molar-refractivity contribution in [2.75, 3.05) is 13.7 Å². The molecule has 0 rings (SSSR count). The number of esters is 1. The zero-order valence-corrected chi connectivity index (χ0v) is 8.67. The molecule has 76 valence electrons. The van der Waals surface area contributed by atoms with Crippen molar-refractivity contribution in [3.8, 4) is 0 Å². The van der Waals surface area contributed by atoms with Crippen LogP contribution in [0.2, 0.25) is 0 Å². The van der Waals surface area contributed by atoms with Gasteiger partial charge in [-0.05, 0) is 26.3 Å². The highest BCUT2D eigenvalue weighted by molar-refractivity contribution is 5.75. The molecule has 0 saturated heterocycles. The summed E-state index contributed by atoms with van der Waals surface area (Å²) in [7, 11) is 1.42. The van der Waals surface area contributed by atoms with Gasteiger partial charge in [-0.2, -0.15) is 0 Å². The summed E-state index contributed by atoms with van der Waals surface area (Å²) in [5, 5.41) is 3.13. The molecule has 1 unspecified atom stereocenters. The first-order valence-electron chi connectivity index (χ1n) is 4.68. The molecule has 0 aliphatic rings. The number of carbonyl (C=O) groups excluding carboxylic acids is 1. The van der Waals surface area contributed by atoms with Gasteiger partial charge >= 0.3 is 5.97 Å². The van der Waals surface area contributed by atoms with Gasteiger partial charge in [0.15, 0.2) is 0 Å². The fraction of sp³-hybridized carbons (Fsp3) is 0.700. The van der Waals surface area contributed by atoms with Crippen LogP contribution in [-0.4, -0.2) is 25.7 Å². The lowest BCUT2D eigenvalue weighted by molar-refractivity contribution is -0.143. The molecule has 0 amide bonds. The molecule has 1 atom stereocenters. The highest BCUT2D eigenvalue weighted by Gasteiger charge is 2.14. The first-order chi connectivity index (χ1) is 6.26. The monoisotopic (exact) mass is 185 g/mol. The van der Waals surface area contributed by atoms with E-state index < -0.39 is 0 Å². The Labute approximate surface area is 80.2 Å². The number of hydrogen-bond acceptors (Lipinski definition) is 3. The van der Waals surface area contributed by atoms with E-state index in [1.165, 1.54) is 7.11 Å². The molecule has 1 N–H and O–H groups in total. The third-order valence-corrected chi connectivity index (χ3v) is 1.83. The second-order valence-electron chi connectivity index (χ2n) is 2.80. The standard InChI is InChI=1S/C10H19NO2/c1-4-6-7-8-11-9(5-2)10(12)13-3/h4,6,9,11H,5,7-8H2,1-3H3/b6-4+. The zero-order valence-electron chi connectivity index (χ0n) is 8.67. The number of rotatable bonds is 6. The Morgan fingerprint density at radius 2 is 2.31 bits per heavy atom. The molecule has 13 heavy (non-hydrogen) atoms. The van der Waals surface area contributed by atoms with E-state index in [4.69, 9.17) is 0 Å². The topological polar surface area (TPSA) is 38.3 Å². The molecule has 0 aliphatic carbocycles. The Balaban J connectivity index is 3.65. The molecule has 3 heteroatoms. The molecule has 0 aliphatic heterocycles. The maximum Gasteiger partial charge on any atom is 0.322 e. The van der Waals surface area contributed by atoms with Crippen molar-refractivity contribution in [2.45, 2.75) is 32.7 Å². The molecule has 0 aromatic heterocycles. The van der Waals surface area contributed by atoms with Gasteiger partial charge in [0.2, 0.25) is 0 Å². The number of nitrogens with one attached hydrogen (secondary N) is 1. The average molecular weight is 185 g/mol. The van der Waals surface area contributed by atoms with E-state index in [0.717, 1.165) is 19.4 Å². The third kappa shape index (κ3) is 5.42. The van der Waals surface area contributed by atoms with Crippen LogP contribution in [0.4, 0.5) is 0 Å². The maximum absolute atomic E-state index is 11.1. The van der Waals surface area contributed by atoms with Gasteiger partial charge in [0, 0.05) is 0 Å². The van der Waals surface area contributed by atoms with Crippen molar-refractivity contribution in [1.82, 2.24) is 5.32 Å². The fourth-order valence-electron chi connectivity index (χ4n) is 1.04. The van der Waals surface area contributed by atoms with Gasteiger partial charge in [0.25, 0.3) is 0 Å². The minimum absolute atomic E-state index is 0.157. The minimum Gasteiger partial charge on any atom is -0.468 e. The molecular formula is C10H19NO2. The number of hydrogen-bond donors (Lipinski definition) is 1. The fourth-order valence-corrected chi connectivity index (χ4v) is 1.04. The lowest BCUT2D eigenvalue weighted by Crippen LogP contribution is -2.37. The SMILES string of the molecule is C/C=C/CCNC(CC)C(=O)OC. The van der Waals surface area contributed by atoms with Crippen LogP contribution < -0.4 is 5.32 Å². The van der Waals surface area contributed by atoms with E-state index in [0.29, 0.717) is 0 Å². The van der Waals surface area contributed by atoms with Crippen LogP contribution in [0, 0.1) is 0 Å². The smallest absolute Gasteiger partial charge is 0.322 e. The van der Waals surface area contributed by atoms with Crippen LogP contribution in [0.15, 0.2) is 12.2 Å². The summed E-state index contributed by atoms with van der Waals surface area (Å²) in [6.45, 7) is 4.76. The molecule has 0 aromatic rings. The average Bonchev–Trinajstić information content (AvgIpc) is 2.17. The van der Waals surface area contributed by atoms with E-state index in [9.17, 15) is 4.79 Å². The van der Waals surface area contributed by atoms with Gasteiger partial charge in [-0.1, -0.05) is 19.1 Å². The number of methoxy groups -OCH3 is 1. The van der Waals surface area contributed by atoms with Crippen molar-refractivity contribution in [3.05, 3.63) is 12.2 Å². The summed E-state index contributed by atoms with van der Waals surface area (Å²) in [6.07, 6.45) is 5.78. The van der Waals surface area contributed by atoms with Crippen molar-refractivity contribution >= 4 is 5.97 Å². The summed E-state index contributed by atoms with van der Waals surface area (Å²) in [5.41, 5.74) is 0. The Morgan fingerprint density at radius 3 is 2.77 bits per heavy atom. The summed E-state index contributed by atoms with van der Waals surface area (Å²) >= 11 is 0. The molecule has 0 spiro atoms. The van der Waals surface area contributed by atoms with E-state index >= 15 is 0 Å². The van der Waals surface area contributed by atoms with Crippen molar-refractivity contribution < 1.29 is 9.53 Å². The Bertz CT molecular complexity index is 166.